The third kappa shape index (κ3) is 15.3. The van der Waals surface area contributed by atoms with Crippen LogP contribution in [0.5, 0.6) is 0 Å². The summed E-state index contributed by atoms with van der Waals surface area (Å²) in [6, 6.07) is 0. The van der Waals surface area contributed by atoms with E-state index >= 15 is 0 Å². The molecule has 3 atom stereocenters. The number of allylic oxidation sites excluding steroid dienone is 7. The molecule has 0 saturated carbocycles. The van der Waals surface area contributed by atoms with Crippen molar-refractivity contribution in [3.63, 3.8) is 0 Å². The number of hydrogen-bond donors (Lipinski definition) is 4. The molecule has 0 saturated heterocycles. The van der Waals surface area contributed by atoms with E-state index in [4.69, 9.17) is 5.11 Å². The van der Waals surface area contributed by atoms with E-state index < -0.39 is 24.3 Å². The lowest BCUT2D eigenvalue weighted by atomic mass is 10.1. The van der Waals surface area contributed by atoms with Gasteiger partial charge < -0.3 is 20.4 Å². The van der Waals surface area contributed by atoms with Crippen molar-refractivity contribution >= 4 is 5.97 Å². The second-order valence-electron chi connectivity index (χ2n) is 5.57. The van der Waals surface area contributed by atoms with Gasteiger partial charge in [0.05, 0.1) is 18.3 Å². The average Bonchev–Trinajstić information content (AvgIpc) is 2.56. The van der Waals surface area contributed by atoms with Crippen molar-refractivity contribution in [1.29, 1.82) is 0 Å². The molecule has 0 spiro atoms. The highest BCUT2D eigenvalue weighted by atomic mass is 16.4. The van der Waals surface area contributed by atoms with E-state index in [-0.39, 0.29) is 12.8 Å². The molecule has 0 rings (SSSR count). The minimum Gasteiger partial charge on any atom is -0.481 e. The Labute approximate surface area is 150 Å². The summed E-state index contributed by atoms with van der Waals surface area (Å²) in [6.07, 6.45) is 17.2. The van der Waals surface area contributed by atoms with Crippen molar-refractivity contribution in [2.24, 2.45) is 0 Å². The highest BCUT2D eigenvalue weighted by molar-refractivity contribution is 5.66. The predicted octanol–water partition coefficient (Wildman–Crippen LogP) is 2.91. The smallest absolute Gasteiger partial charge is 0.303 e. The molecule has 0 heterocycles. The fourth-order valence-corrected chi connectivity index (χ4v) is 1.87. The van der Waals surface area contributed by atoms with E-state index in [1.165, 1.54) is 6.08 Å². The molecule has 0 aliphatic rings. The molecule has 0 aliphatic carbocycles. The maximum absolute atomic E-state index is 10.4. The third-order valence-corrected chi connectivity index (χ3v) is 3.26. The van der Waals surface area contributed by atoms with Gasteiger partial charge in [0.2, 0.25) is 0 Å². The van der Waals surface area contributed by atoms with Crippen LogP contribution in [-0.4, -0.2) is 44.7 Å². The molecule has 0 bridgehead atoms. The Morgan fingerprint density at radius 3 is 2.12 bits per heavy atom. The molecule has 140 valence electrons. The van der Waals surface area contributed by atoms with E-state index in [0.717, 1.165) is 6.42 Å². The standard InChI is InChI=1S/C20H30O5/c1-2-3-8-12-17(21)13-9-6-4-5-7-10-14-18(22)19(23)15-11-16-20(24)25/h3-10,13-14,17-19,21-23H,2,11-12,15-16H2,1H3,(H,24,25). The van der Waals surface area contributed by atoms with E-state index in [1.54, 1.807) is 42.5 Å². The van der Waals surface area contributed by atoms with Gasteiger partial charge >= 0.3 is 5.97 Å². The summed E-state index contributed by atoms with van der Waals surface area (Å²) in [7, 11) is 0. The summed E-state index contributed by atoms with van der Waals surface area (Å²) in [5, 5.41) is 37.5. The van der Waals surface area contributed by atoms with Crippen LogP contribution in [0.1, 0.15) is 39.0 Å². The van der Waals surface area contributed by atoms with Crippen LogP contribution in [0.25, 0.3) is 0 Å². The Morgan fingerprint density at radius 1 is 0.920 bits per heavy atom. The van der Waals surface area contributed by atoms with Crippen LogP contribution in [0, 0.1) is 0 Å². The molecule has 3 unspecified atom stereocenters. The lowest BCUT2D eigenvalue weighted by molar-refractivity contribution is -0.137. The summed E-state index contributed by atoms with van der Waals surface area (Å²) in [6.45, 7) is 2.04. The fourth-order valence-electron chi connectivity index (χ4n) is 1.87. The molecule has 0 aliphatic heterocycles. The molecule has 25 heavy (non-hydrogen) atoms. The van der Waals surface area contributed by atoms with Gasteiger partial charge in [-0.2, -0.15) is 0 Å². The predicted molar refractivity (Wildman–Crippen MR) is 100 cm³/mol. The van der Waals surface area contributed by atoms with Crippen LogP contribution >= 0.6 is 0 Å². The number of aliphatic carboxylic acids is 1. The largest absolute Gasteiger partial charge is 0.481 e. The van der Waals surface area contributed by atoms with Crippen molar-refractivity contribution in [3.05, 3.63) is 60.8 Å². The zero-order valence-electron chi connectivity index (χ0n) is 14.7. The van der Waals surface area contributed by atoms with Crippen LogP contribution in [-0.2, 0) is 4.79 Å². The number of carboxylic acids is 1. The van der Waals surface area contributed by atoms with Gasteiger partial charge in [0.15, 0.2) is 0 Å². The van der Waals surface area contributed by atoms with Crippen LogP contribution in [0.15, 0.2) is 60.8 Å². The van der Waals surface area contributed by atoms with Crippen LogP contribution in [0.4, 0.5) is 0 Å². The first kappa shape index (κ1) is 23.1. The maximum atomic E-state index is 10.4. The molecule has 4 N–H and O–H groups in total. The summed E-state index contributed by atoms with van der Waals surface area (Å²) >= 11 is 0. The number of hydrogen-bond acceptors (Lipinski definition) is 4. The van der Waals surface area contributed by atoms with E-state index in [1.807, 2.05) is 19.1 Å². The van der Waals surface area contributed by atoms with Crippen molar-refractivity contribution < 1.29 is 25.2 Å². The topological polar surface area (TPSA) is 98.0 Å². The zero-order chi connectivity index (χ0) is 18.9. The van der Waals surface area contributed by atoms with Crippen molar-refractivity contribution in [1.82, 2.24) is 0 Å². The molecule has 0 aromatic rings. The minimum atomic E-state index is -1.02. The van der Waals surface area contributed by atoms with E-state index in [0.29, 0.717) is 12.8 Å². The van der Waals surface area contributed by atoms with Crippen LogP contribution in [0.3, 0.4) is 0 Å². The molecule has 0 fully saturated rings. The second kappa shape index (κ2) is 15.6. The lowest BCUT2D eigenvalue weighted by Gasteiger charge is -2.13. The Kier molecular flexibility index (Phi) is 14.4. The fraction of sp³-hybridized carbons (Fsp3) is 0.450. The number of aliphatic hydroxyl groups is 3. The second-order valence-corrected chi connectivity index (χ2v) is 5.57. The van der Waals surface area contributed by atoms with Crippen molar-refractivity contribution in [2.45, 2.75) is 57.3 Å². The number of rotatable bonds is 13. The lowest BCUT2D eigenvalue weighted by Crippen LogP contribution is -2.23. The number of carboxylic acid groups (broad SMARTS) is 1. The minimum absolute atomic E-state index is 0.0186. The Morgan fingerprint density at radius 2 is 1.52 bits per heavy atom. The molecule has 5 heteroatoms. The summed E-state index contributed by atoms with van der Waals surface area (Å²) < 4.78 is 0. The normalized spacial score (nSPS) is 16.6. The van der Waals surface area contributed by atoms with Crippen molar-refractivity contribution in [3.8, 4) is 0 Å². The summed E-state index contributed by atoms with van der Waals surface area (Å²) in [5.74, 6) is -0.911. The Balaban J connectivity index is 4.02. The van der Waals surface area contributed by atoms with Gasteiger partial charge in [-0.25, -0.2) is 0 Å². The Bertz CT molecular complexity index is 488. The van der Waals surface area contributed by atoms with Gasteiger partial charge in [0.1, 0.15) is 0 Å². The summed E-state index contributed by atoms with van der Waals surface area (Å²) in [4.78, 5) is 10.4. The SMILES string of the molecule is CCC=CCC(O)C=CC=CC=CC=CC(O)C(O)CCCC(=O)O. The van der Waals surface area contributed by atoms with Gasteiger partial charge in [0.25, 0.3) is 0 Å². The molecule has 0 amide bonds. The van der Waals surface area contributed by atoms with Gasteiger partial charge in [-0.15, -0.1) is 0 Å². The van der Waals surface area contributed by atoms with Crippen molar-refractivity contribution in [2.75, 3.05) is 0 Å². The number of aliphatic hydroxyl groups excluding tert-OH is 3. The molecule has 0 radical (unpaired) electrons. The van der Waals surface area contributed by atoms with Gasteiger partial charge in [-0.1, -0.05) is 67.7 Å². The highest BCUT2D eigenvalue weighted by Crippen LogP contribution is 2.06. The monoisotopic (exact) mass is 350 g/mol. The first-order valence-corrected chi connectivity index (χ1v) is 8.56. The molecular weight excluding hydrogens is 320 g/mol. The van der Waals surface area contributed by atoms with E-state index in [2.05, 4.69) is 0 Å². The first-order valence-electron chi connectivity index (χ1n) is 8.56. The summed E-state index contributed by atoms with van der Waals surface area (Å²) in [5.41, 5.74) is 0. The van der Waals surface area contributed by atoms with Gasteiger partial charge in [-0.05, 0) is 25.7 Å². The van der Waals surface area contributed by atoms with Crippen LogP contribution in [0.2, 0.25) is 0 Å². The van der Waals surface area contributed by atoms with E-state index in [9.17, 15) is 20.1 Å². The average molecular weight is 350 g/mol. The molecule has 5 nitrogen and oxygen atoms in total. The van der Waals surface area contributed by atoms with Crippen LogP contribution < -0.4 is 0 Å². The Hall–Kier alpha value is -1.95. The number of carbonyl (C=O) groups is 1. The molecule has 0 aromatic heterocycles. The first-order chi connectivity index (χ1) is 12.0. The quantitative estimate of drug-likeness (QED) is 0.302. The van der Waals surface area contributed by atoms with Gasteiger partial charge in [0, 0.05) is 6.42 Å². The third-order valence-electron chi connectivity index (χ3n) is 3.26. The zero-order valence-corrected chi connectivity index (χ0v) is 14.7. The highest BCUT2D eigenvalue weighted by Gasteiger charge is 2.12. The maximum Gasteiger partial charge on any atom is 0.303 e. The molecule has 0 aromatic carbocycles. The molecular formula is C20H30O5. The van der Waals surface area contributed by atoms with Gasteiger partial charge in [-0.3, -0.25) is 4.79 Å².